The molecular formula is C16H18O2. The Bertz CT molecular complexity index is 542. The van der Waals surface area contributed by atoms with Crippen molar-refractivity contribution in [1.82, 2.24) is 0 Å². The average Bonchev–Trinajstić information content (AvgIpc) is 2.39. The Morgan fingerprint density at radius 3 is 1.94 bits per heavy atom. The van der Waals surface area contributed by atoms with Crippen LogP contribution in [0.3, 0.4) is 0 Å². The lowest BCUT2D eigenvalue weighted by atomic mass is 9.95. The van der Waals surface area contributed by atoms with Gasteiger partial charge in [-0.1, -0.05) is 26.0 Å². The molecule has 0 aliphatic heterocycles. The lowest BCUT2D eigenvalue weighted by Crippen LogP contribution is -1.92. The number of rotatable bonds is 3. The Kier molecular flexibility index (Phi) is 3.56. The first-order chi connectivity index (χ1) is 8.65. The van der Waals surface area contributed by atoms with Gasteiger partial charge in [0.1, 0.15) is 11.5 Å². The highest BCUT2D eigenvalue weighted by molar-refractivity contribution is 5.72. The molecule has 0 bridgehead atoms. The molecule has 2 rings (SSSR count). The molecule has 2 heteroatoms. The molecule has 0 radical (unpaired) electrons. The first-order valence-corrected chi connectivity index (χ1v) is 6.29. The molecule has 0 atom stereocenters. The lowest BCUT2D eigenvalue weighted by molar-refractivity contribution is 0.474. The van der Waals surface area contributed by atoms with Crippen molar-refractivity contribution in [1.29, 1.82) is 0 Å². The summed E-state index contributed by atoms with van der Waals surface area (Å²) in [5.74, 6) is 0.536. The molecule has 0 heterocycles. The van der Waals surface area contributed by atoms with Crippen LogP contribution in [0.25, 0.3) is 11.1 Å². The summed E-state index contributed by atoms with van der Waals surface area (Å²) in [6, 6.07) is 10.8. The number of benzene rings is 2. The molecule has 2 aromatic rings. The molecule has 2 N–H and O–H groups in total. The molecule has 0 saturated carbocycles. The van der Waals surface area contributed by atoms with Gasteiger partial charge >= 0.3 is 0 Å². The van der Waals surface area contributed by atoms with E-state index in [-0.39, 0.29) is 5.75 Å². The molecule has 0 saturated heterocycles. The van der Waals surface area contributed by atoms with Crippen LogP contribution in [0.2, 0.25) is 0 Å². The van der Waals surface area contributed by atoms with Crippen LogP contribution in [0.5, 0.6) is 11.5 Å². The van der Waals surface area contributed by atoms with Gasteiger partial charge in [-0.2, -0.15) is 0 Å². The second kappa shape index (κ2) is 5.13. The Hall–Kier alpha value is -1.96. The maximum Gasteiger partial charge on any atom is 0.123 e. The van der Waals surface area contributed by atoms with Crippen molar-refractivity contribution in [2.24, 2.45) is 0 Å². The zero-order chi connectivity index (χ0) is 13.1. The van der Waals surface area contributed by atoms with Gasteiger partial charge in [0, 0.05) is 5.56 Å². The fourth-order valence-corrected chi connectivity index (χ4v) is 2.21. The minimum Gasteiger partial charge on any atom is -0.508 e. The van der Waals surface area contributed by atoms with E-state index in [0.717, 1.165) is 24.0 Å². The van der Waals surface area contributed by atoms with Crippen LogP contribution in [-0.4, -0.2) is 10.2 Å². The van der Waals surface area contributed by atoms with Crippen molar-refractivity contribution in [2.75, 3.05) is 0 Å². The molecule has 2 nitrogen and oxygen atoms in total. The SMILES string of the molecule is CCc1cc(O)c(-c2ccc(O)cc2)cc1CC. The van der Waals surface area contributed by atoms with E-state index in [0.29, 0.717) is 5.75 Å². The molecule has 0 aromatic heterocycles. The van der Waals surface area contributed by atoms with Crippen molar-refractivity contribution in [3.8, 4) is 22.6 Å². The van der Waals surface area contributed by atoms with Crippen molar-refractivity contribution < 1.29 is 10.2 Å². The van der Waals surface area contributed by atoms with E-state index >= 15 is 0 Å². The third-order valence-corrected chi connectivity index (χ3v) is 3.26. The normalized spacial score (nSPS) is 10.6. The quantitative estimate of drug-likeness (QED) is 0.857. The smallest absolute Gasteiger partial charge is 0.123 e. The molecule has 0 amide bonds. The van der Waals surface area contributed by atoms with Gasteiger partial charge < -0.3 is 10.2 Å². The summed E-state index contributed by atoms with van der Waals surface area (Å²) in [5.41, 5.74) is 4.20. The second-order valence-electron chi connectivity index (χ2n) is 4.39. The third-order valence-electron chi connectivity index (χ3n) is 3.26. The Balaban J connectivity index is 2.54. The third kappa shape index (κ3) is 2.33. The van der Waals surface area contributed by atoms with Crippen LogP contribution in [0.15, 0.2) is 36.4 Å². The lowest BCUT2D eigenvalue weighted by Gasteiger charge is -2.12. The highest BCUT2D eigenvalue weighted by Gasteiger charge is 2.09. The van der Waals surface area contributed by atoms with Crippen LogP contribution in [-0.2, 0) is 12.8 Å². The predicted octanol–water partition coefficient (Wildman–Crippen LogP) is 3.89. The summed E-state index contributed by atoms with van der Waals surface area (Å²) >= 11 is 0. The zero-order valence-corrected chi connectivity index (χ0v) is 10.8. The van der Waals surface area contributed by atoms with Gasteiger partial charge in [0.2, 0.25) is 0 Å². The molecule has 0 unspecified atom stereocenters. The van der Waals surface area contributed by atoms with Gasteiger partial charge in [0.15, 0.2) is 0 Å². The van der Waals surface area contributed by atoms with Crippen molar-refractivity contribution >= 4 is 0 Å². The summed E-state index contributed by atoms with van der Waals surface area (Å²) < 4.78 is 0. The summed E-state index contributed by atoms with van der Waals surface area (Å²) in [6.07, 6.45) is 1.88. The van der Waals surface area contributed by atoms with E-state index in [1.165, 1.54) is 11.1 Å². The second-order valence-corrected chi connectivity index (χ2v) is 4.39. The number of aryl methyl sites for hydroxylation is 2. The van der Waals surface area contributed by atoms with Crippen LogP contribution >= 0.6 is 0 Å². The molecule has 94 valence electrons. The van der Waals surface area contributed by atoms with E-state index in [9.17, 15) is 10.2 Å². The van der Waals surface area contributed by atoms with Gasteiger partial charge in [-0.15, -0.1) is 0 Å². The first-order valence-electron chi connectivity index (χ1n) is 6.29. The van der Waals surface area contributed by atoms with Gasteiger partial charge in [-0.25, -0.2) is 0 Å². The fraction of sp³-hybridized carbons (Fsp3) is 0.250. The van der Waals surface area contributed by atoms with Gasteiger partial charge in [0.05, 0.1) is 0 Å². The Morgan fingerprint density at radius 2 is 1.39 bits per heavy atom. The van der Waals surface area contributed by atoms with Crippen molar-refractivity contribution in [2.45, 2.75) is 26.7 Å². The number of phenolic OH excluding ortho intramolecular Hbond substituents is 2. The molecule has 0 spiro atoms. The van der Waals surface area contributed by atoms with Gasteiger partial charge in [-0.05, 0) is 53.8 Å². The molecule has 2 aromatic carbocycles. The predicted molar refractivity (Wildman–Crippen MR) is 74.0 cm³/mol. The largest absolute Gasteiger partial charge is 0.508 e. The summed E-state index contributed by atoms with van der Waals surface area (Å²) in [5, 5.41) is 19.4. The van der Waals surface area contributed by atoms with Crippen LogP contribution < -0.4 is 0 Å². The van der Waals surface area contributed by atoms with E-state index < -0.39 is 0 Å². The van der Waals surface area contributed by atoms with E-state index in [1.807, 2.05) is 24.3 Å². The maximum atomic E-state index is 10.1. The highest BCUT2D eigenvalue weighted by Crippen LogP contribution is 2.33. The first kappa shape index (κ1) is 12.5. The van der Waals surface area contributed by atoms with Crippen molar-refractivity contribution in [3.05, 3.63) is 47.5 Å². The van der Waals surface area contributed by atoms with Gasteiger partial charge in [0.25, 0.3) is 0 Å². The van der Waals surface area contributed by atoms with E-state index in [1.54, 1.807) is 12.1 Å². The maximum absolute atomic E-state index is 10.1. The Labute approximate surface area is 108 Å². The van der Waals surface area contributed by atoms with E-state index in [4.69, 9.17) is 0 Å². The molecule has 18 heavy (non-hydrogen) atoms. The monoisotopic (exact) mass is 242 g/mol. The topological polar surface area (TPSA) is 40.5 Å². The average molecular weight is 242 g/mol. The van der Waals surface area contributed by atoms with Crippen LogP contribution in [0, 0.1) is 0 Å². The summed E-state index contributed by atoms with van der Waals surface area (Å²) in [6.45, 7) is 4.21. The number of hydrogen-bond acceptors (Lipinski definition) is 2. The van der Waals surface area contributed by atoms with Gasteiger partial charge in [-0.3, -0.25) is 0 Å². The van der Waals surface area contributed by atoms with Crippen LogP contribution in [0.4, 0.5) is 0 Å². The molecule has 0 aliphatic carbocycles. The number of aromatic hydroxyl groups is 2. The molecule has 0 aliphatic rings. The number of phenols is 2. The van der Waals surface area contributed by atoms with E-state index in [2.05, 4.69) is 13.8 Å². The fourth-order valence-electron chi connectivity index (χ4n) is 2.21. The summed E-state index contributed by atoms with van der Waals surface area (Å²) in [4.78, 5) is 0. The van der Waals surface area contributed by atoms with Crippen molar-refractivity contribution in [3.63, 3.8) is 0 Å². The van der Waals surface area contributed by atoms with Crippen LogP contribution in [0.1, 0.15) is 25.0 Å². The standard InChI is InChI=1S/C16H18O2/c1-3-11-9-15(16(18)10-12(11)4-2)13-5-7-14(17)8-6-13/h5-10,17-18H,3-4H2,1-2H3. The highest BCUT2D eigenvalue weighted by atomic mass is 16.3. The molecule has 0 fully saturated rings. The summed E-state index contributed by atoms with van der Waals surface area (Å²) in [7, 11) is 0. The Morgan fingerprint density at radius 1 is 0.833 bits per heavy atom. The molecular weight excluding hydrogens is 224 g/mol. The zero-order valence-electron chi connectivity index (χ0n) is 10.8. The minimum atomic E-state index is 0.235. The minimum absolute atomic E-state index is 0.235. The number of hydrogen-bond donors (Lipinski definition) is 2.